The molecule has 0 atom stereocenters. The quantitative estimate of drug-likeness (QED) is 0.541. The summed E-state index contributed by atoms with van der Waals surface area (Å²) in [5.41, 5.74) is 2.12. The molecule has 4 nitrogen and oxygen atoms in total. The lowest BCUT2D eigenvalue weighted by molar-refractivity contribution is 0.629. The molecule has 2 aromatic heterocycles. The Kier molecular flexibility index (Phi) is 2.84. The summed E-state index contributed by atoms with van der Waals surface area (Å²) in [6.45, 7) is 1.85. The van der Waals surface area contributed by atoms with Crippen molar-refractivity contribution in [1.29, 1.82) is 0 Å². The van der Waals surface area contributed by atoms with E-state index in [9.17, 15) is 9.18 Å². The maximum atomic E-state index is 13.8. The maximum absolute atomic E-state index is 13.8. The van der Waals surface area contributed by atoms with Crippen LogP contribution in [0.3, 0.4) is 0 Å². The van der Waals surface area contributed by atoms with Gasteiger partial charge in [-0.05, 0) is 37.3 Å². The summed E-state index contributed by atoms with van der Waals surface area (Å²) in [5, 5.41) is 0.799. The molecule has 23 heavy (non-hydrogen) atoms. The molecule has 0 radical (unpaired) electrons. The molecule has 5 heteroatoms. The molecule has 2 heterocycles. The van der Waals surface area contributed by atoms with Gasteiger partial charge in [0.25, 0.3) is 5.56 Å². The Morgan fingerprint density at radius 3 is 2.57 bits per heavy atom. The third-order valence-corrected chi connectivity index (χ3v) is 4.19. The van der Waals surface area contributed by atoms with Crippen molar-refractivity contribution in [3.8, 4) is 5.69 Å². The van der Waals surface area contributed by atoms with Crippen LogP contribution in [0.1, 0.15) is 5.82 Å². The van der Waals surface area contributed by atoms with E-state index >= 15 is 0 Å². The largest absolute Gasteiger partial charge is 0.331 e. The lowest BCUT2D eigenvalue weighted by Crippen LogP contribution is -2.19. The molecule has 0 fully saturated rings. The minimum absolute atomic E-state index is 0.243. The number of rotatable bonds is 1. The minimum atomic E-state index is -0.375. The Morgan fingerprint density at radius 1 is 1.09 bits per heavy atom. The van der Waals surface area contributed by atoms with Crippen LogP contribution in [0, 0.1) is 12.7 Å². The zero-order chi connectivity index (χ0) is 16.1. The van der Waals surface area contributed by atoms with Gasteiger partial charge in [0, 0.05) is 18.1 Å². The SMILES string of the molecule is Cc1nc2c(=O)n(-c3ccccc3)c3cc(F)ccc3c2n1C. The first-order chi connectivity index (χ1) is 11.1. The molecule has 0 spiro atoms. The number of aromatic nitrogens is 3. The Hall–Kier alpha value is -2.95. The molecule has 0 amide bonds. The van der Waals surface area contributed by atoms with Gasteiger partial charge >= 0.3 is 0 Å². The first-order valence-corrected chi connectivity index (χ1v) is 7.30. The summed E-state index contributed by atoms with van der Waals surface area (Å²) >= 11 is 0. The van der Waals surface area contributed by atoms with Crippen LogP contribution in [0.15, 0.2) is 53.3 Å². The van der Waals surface area contributed by atoms with Crippen molar-refractivity contribution in [2.45, 2.75) is 6.92 Å². The van der Waals surface area contributed by atoms with Gasteiger partial charge in [-0.2, -0.15) is 0 Å². The monoisotopic (exact) mass is 307 g/mol. The second-order valence-electron chi connectivity index (χ2n) is 5.55. The molecular formula is C18H14FN3O. The summed E-state index contributed by atoms with van der Waals surface area (Å²) in [6, 6.07) is 13.7. The first kappa shape index (κ1) is 13.7. The number of hydrogen-bond acceptors (Lipinski definition) is 2. The molecule has 0 bridgehead atoms. The van der Waals surface area contributed by atoms with E-state index in [0.29, 0.717) is 16.7 Å². The lowest BCUT2D eigenvalue weighted by atomic mass is 10.1. The number of imidazole rings is 1. The van der Waals surface area contributed by atoms with E-state index in [1.54, 1.807) is 6.07 Å². The second kappa shape index (κ2) is 4.78. The number of halogens is 1. The Morgan fingerprint density at radius 2 is 1.83 bits per heavy atom. The van der Waals surface area contributed by atoms with Crippen LogP contribution >= 0.6 is 0 Å². The highest BCUT2D eigenvalue weighted by molar-refractivity contribution is 6.03. The van der Waals surface area contributed by atoms with Crippen molar-refractivity contribution in [2.75, 3.05) is 0 Å². The van der Waals surface area contributed by atoms with Gasteiger partial charge in [-0.3, -0.25) is 9.36 Å². The maximum Gasteiger partial charge on any atom is 0.283 e. The van der Waals surface area contributed by atoms with Gasteiger partial charge in [-0.25, -0.2) is 9.37 Å². The highest BCUT2D eigenvalue weighted by atomic mass is 19.1. The van der Waals surface area contributed by atoms with Gasteiger partial charge in [-0.15, -0.1) is 0 Å². The Balaban J connectivity index is 2.31. The molecule has 4 rings (SSSR count). The van der Waals surface area contributed by atoms with Gasteiger partial charge < -0.3 is 4.57 Å². The fourth-order valence-electron chi connectivity index (χ4n) is 3.01. The number of benzene rings is 2. The van der Waals surface area contributed by atoms with Crippen LogP contribution in [-0.4, -0.2) is 14.1 Å². The smallest absolute Gasteiger partial charge is 0.283 e. The minimum Gasteiger partial charge on any atom is -0.331 e. The molecule has 0 aliphatic rings. The summed E-state index contributed by atoms with van der Waals surface area (Å²) in [6.07, 6.45) is 0. The molecule has 4 aromatic rings. The van der Waals surface area contributed by atoms with Crippen molar-refractivity contribution >= 4 is 21.9 Å². The Labute approximate surface area is 131 Å². The van der Waals surface area contributed by atoms with Crippen LogP contribution in [-0.2, 0) is 7.05 Å². The zero-order valence-corrected chi connectivity index (χ0v) is 12.7. The lowest BCUT2D eigenvalue weighted by Gasteiger charge is -2.12. The predicted molar refractivity (Wildman–Crippen MR) is 88.5 cm³/mol. The predicted octanol–water partition coefficient (Wildman–Crippen LogP) is 3.32. The normalized spacial score (nSPS) is 11.4. The van der Waals surface area contributed by atoms with Gasteiger partial charge in [0.05, 0.1) is 11.0 Å². The number of pyridine rings is 1. The molecule has 0 saturated carbocycles. The fraction of sp³-hybridized carbons (Fsp3) is 0.111. The molecule has 0 saturated heterocycles. The number of aryl methyl sites for hydroxylation is 2. The molecule has 0 unspecified atom stereocenters. The number of para-hydroxylation sites is 1. The van der Waals surface area contributed by atoms with Crippen LogP contribution in [0.4, 0.5) is 4.39 Å². The average molecular weight is 307 g/mol. The van der Waals surface area contributed by atoms with E-state index in [1.807, 2.05) is 48.9 Å². The van der Waals surface area contributed by atoms with E-state index in [0.717, 1.165) is 16.7 Å². The van der Waals surface area contributed by atoms with E-state index in [-0.39, 0.29) is 11.4 Å². The number of fused-ring (bicyclic) bond motifs is 3. The molecule has 0 aliphatic carbocycles. The van der Waals surface area contributed by atoms with Crippen LogP contribution < -0.4 is 5.56 Å². The second-order valence-corrected chi connectivity index (χ2v) is 5.55. The molecule has 114 valence electrons. The number of nitrogens with zero attached hydrogens (tertiary/aromatic N) is 3. The van der Waals surface area contributed by atoms with E-state index in [4.69, 9.17) is 0 Å². The topological polar surface area (TPSA) is 39.8 Å². The van der Waals surface area contributed by atoms with Crippen molar-refractivity contribution in [1.82, 2.24) is 14.1 Å². The summed E-state index contributed by atoms with van der Waals surface area (Å²) in [5.74, 6) is 0.369. The van der Waals surface area contributed by atoms with Gasteiger partial charge in [-0.1, -0.05) is 18.2 Å². The van der Waals surface area contributed by atoms with E-state index in [2.05, 4.69) is 4.98 Å². The van der Waals surface area contributed by atoms with Crippen LogP contribution in [0.5, 0.6) is 0 Å². The Bertz CT molecular complexity index is 1110. The van der Waals surface area contributed by atoms with Crippen molar-refractivity contribution in [3.05, 3.63) is 70.5 Å². The average Bonchev–Trinajstić information content (AvgIpc) is 2.85. The third kappa shape index (κ3) is 1.90. The van der Waals surface area contributed by atoms with Crippen LogP contribution in [0.25, 0.3) is 27.6 Å². The summed E-state index contributed by atoms with van der Waals surface area (Å²) in [7, 11) is 1.86. The summed E-state index contributed by atoms with van der Waals surface area (Å²) < 4.78 is 17.2. The van der Waals surface area contributed by atoms with E-state index in [1.165, 1.54) is 16.7 Å². The zero-order valence-electron chi connectivity index (χ0n) is 12.7. The molecule has 0 N–H and O–H groups in total. The highest BCUT2D eigenvalue weighted by Crippen LogP contribution is 2.25. The van der Waals surface area contributed by atoms with Crippen LogP contribution in [0.2, 0.25) is 0 Å². The highest BCUT2D eigenvalue weighted by Gasteiger charge is 2.17. The molecular weight excluding hydrogens is 293 g/mol. The standard InChI is InChI=1S/C18H14FN3O/c1-11-20-16-17(21(11)2)14-9-8-12(19)10-15(14)22(18(16)23)13-6-4-3-5-7-13/h3-10H,1-2H3. The van der Waals surface area contributed by atoms with Gasteiger partial charge in [0.15, 0.2) is 5.52 Å². The molecule has 2 aromatic carbocycles. The third-order valence-electron chi connectivity index (χ3n) is 4.19. The van der Waals surface area contributed by atoms with E-state index < -0.39 is 0 Å². The summed E-state index contributed by atoms with van der Waals surface area (Å²) in [4.78, 5) is 17.4. The molecule has 0 aliphatic heterocycles. The van der Waals surface area contributed by atoms with Gasteiger partial charge in [0.1, 0.15) is 11.6 Å². The van der Waals surface area contributed by atoms with Crippen molar-refractivity contribution in [3.63, 3.8) is 0 Å². The first-order valence-electron chi connectivity index (χ1n) is 7.30. The van der Waals surface area contributed by atoms with Crippen molar-refractivity contribution in [2.24, 2.45) is 7.05 Å². The number of hydrogen-bond donors (Lipinski definition) is 0. The van der Waals surface area contributed by atoms with Crippen molar-refractivity contribution < 1.29 is 4.39 Å². The van der Waals surface area contributed by atoms with Gasteiger partial charge in [0.2, 0.25) is 0 Å². The fourth-order valence-corrected chi connectivity index (χ4v) is 3.01.